The third-order valence-corrected chi connectivity index (χ3v) is 10.4. The topological polar surface area (TPSA) is 199 Å². The van der Waals surface area contributed by atoms with Crippen LogP contribution in [0.15, 0.2) is 160 Å². The van der Waals surface area contributed by atoms with Gasteiger partial charge in [-0.2, -0.15) is 25.3 Å². The minimum absolute atomic E-state index is 0.208. The van der Waals surface area contributed by atoms with E-state index in [2.05, 4.69) is 16.0 Å². The first kappa shape index (κ1) is 36.1. The Hall–Kier alpha value is -5.68. The molecule has 52 heavy (non-hydrogen) atoms. The molecule has 0 aliphatic rings. The third-order valence-electron chi connectivity index (χ3n) is 7.84. The Morgan fingerprint density at radius 2 is 0.481 bits per heavy atom. The summed E-state index contributed by atoms with van der Waals surface area (Å²) < 4.78 is 96.2. The Bertz CT molecular complexity index is 2220. The lowest BCUT2D eigenvalue weighted by Gasteiger charge is -2.16. The van der Waals surface area contributed by atoms with Crippen molar-refractivity contribution in [1.29, 1.82) is 0 Å². The van der Waals surface area contributed by atoms with Gasteiger partial charge in [0.2, 0.25) is 0 Å². The smallest absolute Gasteiger partial charge is 0.294 e. The maximum atomic E-state index is 11.4. The van der Waals surface area contributed by atoms with E-state index in [1.165, 1.54) is 36.4 Å². The maximum Gasteiger partial charge on any atom is 0.294 e. The largest absolute Gasteiger partial charge is 0.355 e. The van der Waals surface area contributed by atoms with E-state index in [-0.39, 0.29) is 14.7 Å². The van der Waals surface area contributed by atoms with Crippen LogP contribution in [0.25, 0.3) is 0 Å². The molecule has 0 radical (unpaired) electrons. The van der Waals surface area contributed by atoms with E-state index in [4.69, 9.17) is 0 Å². The van der Waals surface area contributed by atoms with Crippen LogP contribution >= 0.6 is 0 Å². The molecule has 6 aromatic rings. The number of hydrogen-bond acceptors (Lipinski definition) is 9. The van der Waals surface area contributed by atoms with Crippen LogP contribution in [0.2, 0.25) is 0 Å². The van der Waals surface area contributed by atoms with Crippen LogP contribution in [-0.2, 0) is 30.4 Å². The van der Waals surface area contributed by atoms with E-state index < -0.39 is 30.4 Å². The van der Waals surface area contributed by atoms with Crippen LogP contribution in [-0.4, -0.2) is 38.9 Å². The van der Waals surface area contributed by atoms with Gasteiger partial charge >= 0.3 is 0 Å². The molecular weight excluding hydrogens is 727 g/mol. The Labute approximate surface area is 301 Å². The average molecular weight is 757 g/mol. The molecule has 0 atom stereocenters. The molecule has 0 aromatic heterocycles. The average Bonchev–Trinajstić information content (AvgIpc) is 3.10. The van der Waals surface area contributed by atoms with Gasteiger partial charge in [-0.05, 0) is 146 Å². The summed E-state index contributed by atoms with van der Waals surface area (Å²) in [6, 6.07) is 40.0. The molecule has 0 aliphatic carbocycles. The highest BCUT2D eigenvalue weighted by Gasteiger charge is 2.23. The zero-order chi connectivity index (χ0) is 37.1. The fourth-order valence-electron chi connectivity index (χ4n) is 5.29. The molecule has 0 aliphatic heterocycles. The summed E-state index contributed by atoms with van der Waals surface area (Å²) in [6.07, 6.45) is 0. The zero-order valence-corrected chi connectivity index (χ0v) is 29.3. The van der Waals surface area contributed by atoms with Crippen molar-refractivity contribution < 1.29 is 38.9 Å². The predicted molar refractivity (Wildman–Crippen MR) is 198 cm³/mol. The molecule has 12 nitrogen and oxygen atoms in total. The van der Waals surface area contributed by atoms with Gasteiger partial charge in [0.1, 0.15) is 0 Å². The van der Waals surface area contributed by atoms with Gasteiger partial charge in [0.15, 0.2) is 0 Å². The van der Waals surface area contributed by atoms with Crippen molar-refractivity contribution in [3.05, 3.63) is 168 Å². The van der Waals surface area contributed by atoms with Crippen LogP contribution in [0.5, 0.6) is 0 Å². The Kier molecular flexibility index (Phi) is 10.1. The quantitative estimate of drug-likeness (QED) is 0.0405. The number of rotatable bonds is 12. The molecule has 6 rings (SSSR count). The second-order valence-electron chi connectivity index (χ2n) is 11.5. The van der Waals surface area contributed by atoms with Gasteiger partial charge in [-0.1, -0.05) is 0 Å². The molecule has 0 heterocycles. The summed E-state index contributed by atoms with van der Waals surface area (Å²) in [4.78, 5) is -0.624. The number of hydrogen-bond donors (Lipinski definition) is 6. The van der Waals surface area contributed by atoms with Crippen molar-refractivity contribution >= 4 is 64.5 Å². The van der Waals surface area contributed by atoms with Crippen molar-refractivity contribution in [2.45, 2.75) is 14.7 Å². The Morgan fingerprint density at radius 3 is 0.654 bits per heavy atom. The standard InChI is InChI=1S/C37H29N3O9S3/c41-50(42,43)34-19-13-31(14-20-34)38-28-7-1-25(2-8-28)37(26-3-9-29(10-4-26)39-32-15-21-35(22-16-32)51(44,45)46)27-5-11-30(12-6-27)40-33-17-23-36(24-18-33)52(47,48)49/h1-24,38-40H,(H2-,41,42,43,44,45,46,47,48,49)/p+1. The molecule has 6 N–H and O–H groups in total. The molecular formula is C37H30N3O9S3+. The number of nitrogens with one attached hydrogen (secondary N) is 3. The number of anilines is 6. The fraction of sp³-hybridized carbons (Fsp3) is 0. The molecule has 15 heteroatoms. The highest BCUT2D eigenvalue weighted by Crippen LogP contribution is 2.34. The van der Waals surface area contributed by atoms with Crippen LogP contribution in [0.1, 0.15) is 16.7 Å². The van der Waals surface area contributed by atoms with Gasteiger partial charge in [-0.15, -0.1) is 0 Å². The van der Waals surface area contributed by atoms with Crippen molar-refractivity contribution in [1.82, 2.24) is 0 Å². The first-order valence-corrected chi connectivity index (χ1v) is 19.7. The van der Waals surface area contributed by atoms with Crippen LogP contribution < -0.4 is 16.0 Å². The lowest BCUT2D eigenvalue weighted by molar-refractivity contribution is 0.481. The lowest BCUT2D eigenvalue weighted by atomic mass is 9.85. The normalized spacial score (nSPS) is 11.8. The zero-order valence-electron chi connectivity index (χ0n) is 26.9. The fourth-order valence-corrected chi connectivity index (χ4v) is 6.73. The number of benzene rings is 6. The van der Waals surface area contributed by atoms with Crippen molar-refractivity contribution in [2.24, 2.45) is 0 Å². The summed E-state index contributed by atoms with van der Waals surface area (Å²) in [7, 11) is -12.9. The molecule has 0 saturated carbocycles. The molecule has 6 aromatic carbocycles. The van der Waals surface area contributed by atoms with E-state index in [0.29, 0.717) is 17.1 Å². The van der Waals surface area contributed by atoms with E-state index in [1.807, 2.05) is 72.8 Å². The maximum absolute atomic E-state index is 11.4. The highest BCUT2D eigenvalue weighted by atomic mass is 32.2. The predicted octanol–water partition coefficient (Wildman–Crippen LogP) is 7.68. The summed E-state index contributed by atoms with van der Waals surface area (Å²) in [5.41, 5.74) is 6.73. The van der Waals surface area contributed by atoms with Gasteiger partial charge in [-0.25, -0.2) is 0 Å². The lowest BCUT2D eigenvalue weighted by Crippen LogP contribution is -2.05. The summed E-state index contributed by atoms with van der Waals surface area (Å²) in [5, 5.41) is 9.65. The monoisotopic (exact) mass is 756 g/mol. The van der Waals surface area contributed by atoms with E-state index in [1.54, 1.807) is 36.4 Å². The molecule has 0 saturated heterocycles. The van der Waals surface area contributed by atoms with E-state index in [0.717, 1.165) is 39.7 Å². The Balaban J connectivity index is 1.26. The summed E-state index contributed by atoms with van der Waals surface area (Å²) in [6.45, 7) is 0. The first-order chi connectivity index (χ1) is 24.6. The highest BCUT2D eigenvalue weighted by molar-refractivity contribution is 7.86. The first-order valence-electron chi connectivity index (χ1n) is 15.3. The molecule has 0 spiro atoms. The molecule has 0 fully saturated rings. The van der Waals surface area contributed by atoms with Gasteiger partial charge in [0.05, 0.1) is 37.3 Å². The van der Waals surface area contributed by atoms with Gasteiger partial charge in [0.25, 0.3) is 30.4 Å². The van der Waals surface area contributed by atoms with E-state index >= 15 is 0 Å². The van der Waals surface area contributed by atoms with Gasteiger partial charge < -0.3 is 16.0 Å². The summed E-state index contributed by atoms with van der Waals surface area (Å²) in [5.74, 6) is 0.900. The molecule has 264 valence electrons. The van der Waals surface area contributed by atoms with Crippen LogP contribution in [0.3, 0.4) is 0 Å². The van der Waals surface area contributed by atoms with E-state index in [9.17, 15) is 38.9 Å². The van der Waals surface area contributed by atoms with Crippen molar-refractivity contribution in [3.63, 3.8) is 0 Å². The molecule has 0 unspecified atom stereocenters. The Morgan fingerprint density at radius 1 is 0.308 bits per heavy atom. The SMILES string of the molecule is O=S(=O)(O)c1ccc(Nc2ccc([C+](c3ccc(Nc4ccc(S(=O)(=O)O)cc4)cc3)c3ccc(Nc4ccc(S(=O)(=O)O)cc4)cc3)cc2)cc1. The van der Waals surface area contributed by atoms with Gasteiger partial charge in [0, 0.05) is 34.1 Å². The second-order valence-corrected chi connectivity index (χ2v) is 15.7. The van der Waals surface area contributed by atoms with Crippen molar-refractivity contribution in [2.75, 3.05) is 16.0 Å². The third kappa shape index (κ3) is 8.96. The summed E-state index contributed by atoms with van der Waals surface area (Å²) >= 11 is 0. The van der Waals surface area contributed by atoms with Crippen molar-refractivity contribution in [3.8, 4) is 0 Å². The molecule has 0 amide bonds. The van der Waals surface area contributed by atoms with Crippen LogP contribution in [0, 0.1) is 5.92 Å². The second kappa shape index (κ2) is 14.5. The minimum Gasteiger partial charge on any atom is -0.355 e. The van der Waals surface area contributed by atoms with Gasteiger partial charge in [-0.3, -0.25) is 13.7 Å². The molecule has 0 bridgehead atoms. The minimum atomic E-state index is -4.31. The van der Waals surface area contributed by atoms with Crippen LogP contribution in [0.4, 0.5) is 34.1 Å².